The SMILES string of the molecule is CC(C)Oc1ccc(CN2CCC3(CC2)OCc2ccccc23)cc1C#N.CCOc1ccc(CN2CCC3(CC2)OCc2ccccc23)cc1C#N.Clc1ccc(CN2CCC3(CC2)OCc2ccccc23)cc1Cl.FC(F)(F)c1ccccc1CN1CCC2(CC1)OCc1ccccc12. The van der Waals surface area contributed by atoms with Gasteiger partial charge in [0.05, 0.1) is 88.3 Å². The van der Waals surface area contributed by atoms with E-state index in [9.17, 15) is 23.7 Å². The molecule has 8 heterocycles. The summed E-state index contributed by atoms with van der Waals surface area (Å²) >= 11 is 12.1. The average molecular weight is 1410 g/mol. The summed E-state index contributed by atoms with van der Waals surface area (Å²) in [6.45, 7) is 19.8. The number of ether oxygens (including phenoxy) is 6. The van der Waals surface area contributed by atoms with E-state index in [0.29, 0.717) is 58.0 Å². The third-order valence-electron chi connectivity index (χ3n) is 21.6. The number of rotatable bonds is 12. The lowest BCUT2D eigenvalue weighted by atomic mass is 9.83. The third-order valence-corrected chi connectivity index (χ3v) is 22.4. The lowest BCUT2D eigenvalue weighted by Gasteiger charge is -2.39. The predicted molar refractivity (Wildman–Crippen MR) is 387 cm³/mol. The number of alkyl halides is 3. The van der Waals surface area contributed by atoms with Gasteiger partial charge in [-0.15, -0.1) is 0 Å². The maximum atomic E-state index is 13.2. The first-order valence-electron chi connectivity index (χ1n) is 35.7. The number of hydrogen-bond acceptors (Lipinski definition) is 12. The topological polar surface area (TPSA) is 116 Å². The molecule has 0 N–H and O–H groups in total. The van der Waals surface area contributed by atoms with Crippen molar-refractivity contribution in [1.82, 2.24) is 19.6 Å². The maximum Gasteiger partial charge on any atom is 0.416 e. The van der Waals surface area contributed by atoms with Gasteiger partial charge in [0, 0.05) is 78.5 Å². The number of fused-ring (bicyclic) bond motifs is 8. The molecule has 8 aliphatic heterocycles. The van der Waals surface area contributed by atoms with Crippen LogP contribution in [0, 0.1) is 22.7 Å². The molecule has 0 aromatic heterocycles. The molecular weight excluding hydrogens is 1320 g/mol. The van der Waals surface area contributed by atoms with E-state index in [0.717, 1.165) is 160 Å². The normalized spacial score (nSPS) is 19.2. The minimum absolute atomic E-state index is 0.0647. The second-order valence-electron chi connectivity index (χ2n) is 28.3. The molecule has 526 valence electrons. The Labute approximate surface area is 603 Å². The van der Waals surface area contributed by atoms with Gasteiger partial charge >= 0.3 is 6.18 Å². The second kappa shape index (κ2) is 31.6. The van der Waals surface area contributed by atoms with Gasteiger partial charge in [-0.25, -0.2) is 0 Å². The molecule has 0 aliphatic carbocycles. The molecule has 0 unspecified atom stereocenters. The minimum atomic E-state index is -4.30. The maximum absolute atomic E-state index is 13.2. The summed E-state index contributed by atoms with van der Waals surface area (Å²) in [4.78, 5) is 9.47. The van der Waals surface area contributed by atoms with Crippen LogP contribution in [0.25, 0.3) is 0 Å². The van der Waals surface area contributed by atoms with Crippen molar-refractivity contribution in [1.29, 1.82) is 10.5 Å². The quantitative estimate of drug-likeness (QED) is 0.116. The Hall–Kier alpha value is -7.61. The largest absolute Gasteiger partial charge is 0.492 e. The number of piperidine rings is 4. The lowest BCUT2D eigenvalue weighted by Crippen LogP contribution is -2.42. The zero-order valence-corrected chi connectivity index (χ0v) is 59.5. The van der Waals surface area contributed by atoms with E-state index in [1.54, 1.807) is 12.1 Å². The Kier molecular flexibility index (Phi) is 22.4. The fraction of sp³-hybridized carbons (Fsp3) is 0.405. The molecule has 0 saturated carbocycles. The highest BCUT2D eigenvalue weighted by molar-refractivity contribution is 6.42. The standard InChI is InChI=1S/C23H26N2O2.C22H24N2O2.C20H20F3NO.C19H19Cl2NO/c1-17(2)27-22-8-7-18(13-20(22)14-24)15-25-11-9-23(10-12-25)21-6-4-3-5-19(21)16-26-23;1-2-25-21-8-7-17(13-19(21)14-23)15-24-11-9-22(10-12-24)20-6-4-3-5-18(20)16-26-22;21-20(22,23)18-8-4-1-5-15(18)13-24-11-9-19(10-12-24)17-7-3-2-6-16(17)14-25-19;20-17-6-5-14(11-18(17)21)12-22-9-7-19(8-10-22)16-4-2-1-3-15(16)13-23-19/h3-8,13,17H,9-12,15-16H2,1-2H3;3-8,13H,2,9-12,15-16H2,1H3;1-8H,9-14H2;1-6,11H,7-10,12-13H2. The first-order chi connectivity index (χ1) is 49.0. The van der Waals surface area contributed by atoms with Gasteiger partial charge in [-0.3, -0.25) is 19.6 Å². The van der Waals surface area contributed by atoms with E-state index in [4.69, 9.17) is 51.6 Å². The Morgan fingerprint density at radius 3 is 1.14 bits per heavy atom. The number of halogens is 5. The van der Waals surface area contributed by atoms with Gasteiger partial charge < -0.3 is 28.4 Å². The minimum Gasteiger partial charge on any atom is -0.492 e. The van der Waals surface area contributed by atoms with Crippen LogP contribution >= 0.6 is 23.2 Å². The highest BCUT2D eigenvalue weighted by atomic mass is 35.5. The summed E-state index contributed by atoms with van der Waals surface area (Å²) < 4.78 is 75.6. The zero-order valence-electron chi connectivity index (χ0n) is 58.0. The number of hydrogen-bond donors (Lipinski definition) is 0. The fourth-order valence-corrected chi connectivity index (χ4v) is 16.6. The number of nitrogens with zero attached hydrogens (tertiary/aromatic N) is 6. The average Bonchev–Trinajstić information content (AvgIpc) is 1.66. The first-order valence-corrected chi connectivity index (χ1v) is 36.5. The van der Waals surface area contributed by atoms with Crippen LogP contribution in [0.1, 0.15) is 156 Å². The van der Waals surface area contributed by atoms with Crippen molar-refractivity contribution < 1.29 is 41.6 Å². The Balaban J connectivity index is 0.000000121. The summed E-state index contributed by atoms with van der Waals surface area (Å²) in [6, 6.07) is 62.3. The van der Waals surface area contributed by atoms with E-state index in [1.807, 2.05) is 69.3 Å². The van der Waals surface area contributed by atoms with E-state index in [2.05, 4.69) is 135 Å². The van der Waals surface area contributed by atoms with Gasteiger partial charge in [-0.1, -0.05) is 157 Å². The summed E-state index contributed by atoms with van der Waals surface area (Å²) in [5, 5.41) is 20.0. The predicted octanol–water partition coefficient (Wildman–Crippen LogP) is 18.1. The molecule has 4 fully saturated rings. The van der Waals surface area contributed by atoms with Crippen LogP contribution in [-0.2, 0) is 100 Å². The zero-order chi connectivity index (χ0) is 70.2. The van der Waals surface area contributed by atoms with Crippen LogP contribution < -0.4 is 9.47 Å². The van der Waals surface area contributed by atoms with Crippen LogP contribution in [0.5, 0.6) is 11.5 Å². The third kappa shape index (κ3) is 16.3. The number of benzene rings is 8. The molecule has 16 rings (SSSR count). The van der Waals surface area contributed by atoms with Crippen molar-refractivity contribution in [2.24, 2.45) is 0 Å². The van der Waals surface area contributed by atoms with Crippen LogP contribution in [0.3, 0.4) is 0 Å². The number of likely N-dealkylation sites (tertiary alicyclic amines) is 4. The highest BCUT2D eigenvalue weighted by Gasteiger charge is 2.46. The van der Waals surface area contributed by atoms with Crippen LogP contribution in [0.15, 0.2) is 176 Å². The summed E-state index contributed by atoms with van der Waals surface area (Å²) in [5.41, 5.74) is 14.7. The van der Waals surface area contributed by atoms with Crippen molar-refractivity contribution in [2.45, 2.75) is 159 Å². The van der Waals surface area contributed by atoms with Gasteiger partial charge in [0.15, 0.2) is 0 Å². The van der Waals surface area contributed by atoms with Crippen molar-refractivity contribution in [2.75, 3.05) is 59.0 Å². The van der Waals surface area contributed by atoms with Gasteiger partial charge in [-0.2, -0.15) is 23.7 Å². The molecule has 17 heteroatoms. The lowest BCUT2D eigenvalue weighted by molar-refractivity contribution is -0.138. The molecule has 8 aromatic rings. The Morgan fingerprint density at radius 1 is 0.436 bits per heavy atom. The molecule has 8 aromatic carbocycles. The van der Waals surface area contributed by atoms with Gasteiger partial charge in [0.25, 0.3) is 0 Å². The van der Waals surface area contributed by atoms with Gasteiger partial charge in [0.1, 0.15) is 23.6 Å². The van der Waals surface area contributed by atoms with Crippen LogP contribution in [0.2, 0.25) is 10.0 Å². The summed E-state index contributed by atoms with van der Waals surface area (Å²) in [7, 11) is 0. The molecule has 4 saturated heterocycles. The molecule has 0 bridgehead atoms. The Morgan fingerprint density at radius 2 is 0.772 bits per heavy atom. The van der Waals surface area contributed by atoms with Gasteiger partial charge in [-0.05, 0) is 181 Å². The van der Waals surface area contributed by atoms with E-state index in [-0.39, 0.29) is 28.5 Å². The monoisotopic (exact) mass is 1400 g/mol. The van der Waals surface area contributed by atoms with Crippen molar-refractivity contribution in [3.8, 4) is 23.6 Å². The molecule has 0 amide bonds. The highest BCUT2D eigenvalue weighted by Crippen LogP contribution is 2.49. The molecule has 101 heavy (non-hydrogen) atoms. The molecule has 0 atom stereocenters. The smallest absolute Gasteiger partial charge is 0.416 e. The molecule has 0 radical (unpaired) electrons. The fourth-order valence-electron chi connectivity index (χ4n) is 16.2. The van der Waals surface area contributed by atoms with E-state index < -0.39 is 11.7 Å². The molecule has 8 aliphatic rings. The van der Waals surface area contributed by atoms with E-state index >= 15 is 0 Å². The molecule has 12 nitrogen and oxygen atoms in total. The second-order valence-corrected chi connectivity index (χ2v) is 29.1. The summed E-state index contributed by atoms with van der Waals surface area (Å²) in [6.07, 6.45) is 3.57. The van der Waals surface area contributed by atoms with Crippen LogP contribution in [-0.4, -0.2) is 84.7 Å². The van der Waals surface area contributed by atoms with Crippen molar-refractivity contribution >= 4 is 23.2 Å². The Bertz CT molecular complexity index is 4270. The molecular formula is C84H89Cl2F3N6O6. The summed E-state index contributed by atoms with van der Waals surface area (Å²) in [5.74, 6) is 1.34. The van der Waals surface area contributed by atoms with Crippen molar-refractivity contribution in [3.05, 3.63) is 269 Å². The van der Waals surface area contributed by atoms with Gasteiger partial charge in [0.2, 0.25) is 0 Å². The van der Waals surface area contributed by atoms with E-state index in [1.165, 1.54) is 56.1 Å². The van der Waals surface area contributed by atoms with Crippen molar-refractivity contribution in [3.63, 3.8) is 0 Å². The van der Waals surface area contributed by atoms with Crippen LogP contribution in [0.4, 0.5) is 13.2 Å². The molecule has 4 spiro atoms. The first kappa shape index (κ1) is 71.8. The number of nitriles is 2.